The van der Waals surface area contributed by atoms with Gasteiger partial charge in [0.25, 0.3) is 0 Å². The third-order valence-electron chi connectivity index (χ3n) is 3.39. The van der Waals surface area contributed by atoms with Crippen LogP contribution in [0.25, 0.3) is 11.3 Å². The summed E-state index contributed by atoms with van der Waals surface area (Å²) in [7, 11) is 1.61. The van der Waals surface area contributed by atoms with E-state index in [1.807, 2.05) is 30.3 Å². The number of methoxy groups -OCH3 is 1. The Morgan fingerprint density at radius 3 is 2.88 bits per heavy atom. The number of aromatic nitrogens is 3. The van der Waals surface area contributed by atoms with Gasteiger partial charge < -0.3 is 10.1 Å². The summed E-state index contributed by atoms with van der Waals surface area (Å²) in [5.41, 5.74) is 2.44. The minimum absolute atomic E-state index is 0.154. The summed E-state index contributed by atoms with van der Waals surface area (Å²) in [6.07, 6.45) is 5.01. The number of pyridine rings is 1. The molecule has 3 aromatic rings. The number of hydrogen-bond donors (Lipinski definition) is 1. The fraction of sp³-hybridized carbons (Fsp3) is 0.111. The zero-order chi connectivity index (χ0) is 16.8. The van der Waals surface area contributed by atoms with Gasteiger partial charge in [-0.25, -0.2) is 9.97 Å². The molecular formula is C18H16N4O2. The quantitative estimate of drug-likeness (QED) is 0.782. The van der Waals surface area contributed by atoms with Crippen LogP contribution in [0.15, 0.2) is 61.2 Å². The van der Waals surface area contributed by atoms with Crippen LogP contribution in [0, 0.1) is 0 Å². The first-order chi connectivity index (χ1) is 11.7. The molecule has 1 aromatic carbocycles. The fourth-order valence-corrected chi connectivity index (χ4v) is 2.24. The van der Waals surface area contributed by atoms with E-state index in [4.69, 9.17) is 4.74 Å². The molecule has 0 unspecified atom stereocenters. The minimum Gasteiger partial charge on any atom is -0.497 e. The van der Waals surface area contributed by atoms with Crippen molar-refractivity contribution >= 4 is 11.7 Å². The van der Waals surface area contributed by atoms with Crippen molar-refractivity contribution in [1.29, 1.82) is 0 Å². The molecule has 2 heterocycles. The van der Waals surface area contributed by atoms with Crippen LogP contribution < -0.4 is 10.1 Å². The molecule has 1 N–H and O–H groups in total. The van der Waals surface area contributed by atoms with Gasteiger partial charge in [-0.15, -0.1) is 0 Å². The third-order valence-corrected chi connectivity index (χ3v) is 3.39. The molecule has 0 saturated carbocycles. The van der Waals surface area contributed by atoms with Crippen molar-refractivity contribution in [1.82, 2.24) is 15.0 Å². The summed E-state index contributed by atoms with van der Waals surface area (Å²) in [6.45, 7) is 0. The highest BCUT2D eigenvalue weighted by Crippen LogP contribution is 2.23. The first-order valence-corrected chi connectivity index (χ1v) is 7.40. The Morgan fingerprint density at radius 1 is 1.17 bits per heavy atom. The summed E-state index contributed by atoms with van der Waals surface area (Å²) in [4.78, 5) is 24.5. The summed E-state index contributed by atoms with van der Waals surface area (Å²) in [6, 6.07) is 12.9. The monoisotopic (exact) mass is 320 g/mol. The van der Waals surface area contributed by atoms with Crippen LogP contribution >= 0.6 is 0 Å². The minimum atomic E-state index is -0.154. The van der Waals surface area contributed by atoms with E-state index in [2.05, 4.69) is 20.3 Å². The van der Waals surface area contributed by atoms with Crippen molar-refractivity contribution in [2.24, 2.45) is 0 Å². The van der Waals surface area contributed by atoms with Gasteiger partial charge in [-0.05, 0) is 23.8 Å². The SMILES string of the molecule is COc1cccc(-c2cc(NC(=O)Cc3cccnc3)ncn2)c1. The fourth-order valence-electron chi connectivity index (χ4n) is 2.24. The molecule has 0 atom stereocenters. The van der Waals surface area contributed by atoms with E-state index in [-0.39, 0.29) is 12.3 Å². The molecule has 0 saturated heterocycles. The number of amides is 1. The Kier molecular flexibility index (Phi) is 4.76. The highest BCUT2D eigenvalue weighted by Gasteiger charge is 2.07. The third kappa shape index (κ3) is 3.92. The molecule has 0 radical (unpaired) electrons. The second kappa shape index (κ2) is 7.32. The van der Waals surface area contributed by atoms with Gasteiger partial charge in [0.05, 0.1) is 19.2 Å². The lowest BCUT2D eigenvalue weighted by molar-refractivity contribution is -0.115. The smallest absolute Gasteiger partial charge is 0.230 e. The van der Waals surface area contributed by atoms with Gasteiger partial charge in [0.1, 0.15) is 17.9 Å². The van der Waals surface area contributed by atoms with E-state index in [0.29, 0.717) is 11.5 Å². The van der Waals surface area contributed by atoms with Crippen molar-refractivity contribution in [2.45, 2.75) is 6.42 Å². The molecule has 0 aliphatic heterocycles. The van der Waals surface area contributed by atoms with E-state index in [1.165, 1.54) is 6.33 Å². The van der Waals surface area contributed by atoms with Crippen molar-refractivity contribution in [3.8, 4) is 17.0 Å². The second-order valence-electron chi connectivity index (χ2n) is 5.11. The van der Waals surface area contributed by atoms with Crippen LogP contribution in [0.5, 0.6) is 5.75 Å². The van der Waals surface area contributed by atoms with Crippen molar-refractivity contribution in [2.75, 3.05) is 12.4 Å². The summed E-state index contributed by atoms with van der Waals surface area (Å²) < 4.78 is 5.22. The van der Waals surface area contributed by atoms with Gasteiger partial charge in [0.2, 0.25) is 5.91 Å². The number of carbonyl (C=O) groups excluding carboxylic acids is 1. The van der Waals surface area contributed by atoms with E-state index in [0.717, 1.165) is 16.9 Å². The van der Waals surface area contributed by atoms with Crippen LogP contribution in [-0.2, 0) is 11.2 Å². The highest BCUT2D eigenvalue weighted by atomic mass is 16.5. The van der Waals surface area contributed by atoms with Gasteiger partial charge in [-0.2, -0.15) is 0 Å². The second-order valence-corrected chi connectivity index (χ2v) is 5.11. The number of nitrogens with zero attached hydrogens (tertiary/aromatic N) is 3. The van der Waals surface area contributed by atoms with Crippen LogP contribution in [0.3, 0.4) is 0 Å². The molecule has 120 valence electrons. The molecule has 0 spiro atoms. The zero-order valence-corrected chi connectivity index (χ0v) is 13.1. The largest absolute Gasteiger partial charge is 0.497 e. The van der Waals surface area contributed by atoms with Crippen LogP contribution in [0.2, 0.25) is 0 Å². The van der Waals surface area contributed by atoms with Crippen LogP contribution in [0.1, 0.15) is 5.56 Å². The Balaban J connectivity index is 1.74. The number of ether oxygens (including phenoxy) is 1. The molecule has 0 aliphatic rings. The molecule has 0 aliphatic carbocycles. The lowest BCUT2D eigenvalue weighted by Crippen LogP contribution is -2.15. The first kappa shape index (κ1) is 15.6. The normalized spacial score (nSPS) is 10.2. The topological polar surface area (TPSA) is 77.0 Å². The molecule has 1 amide bonds. The van der Waals surface area contributed by atoms with E-state index in [9.17, 15) is 4.79 Å². The molecule has 0 bridgehead atoms. The summed E-state index contributed by atoms with van der Waals surface area (Å²) in [5.74, 6) is 1.04. The maximum atomic E-state index is 12.1. The average Bonchev–Trinajstić information content (AvgIpc) is 2.63. The predicted octanol–water partition coefficient (Wildman–Crippen LogP) is 2.73. The number of hydrogen-bond acceptors (Lipinski definition) is 5. The first-order valence-electron chi connectivity index (χ1n) is 7.40. The van der Waals surface area contributed by atoms with Crippen molar-refractivity contribution in [3.05, 3.63) is 66.7 Å². The summed E-state index contributed by atoms with van der Waals surface area (Å²) >= 11 is 0. The van der Waals surface area contributed by atoms with Crippen LogP contribution in [0.4, 0.5) is 5.82 Å². The molecule has 6 heteroatoms. The molecule has 0 fully saturated rings. The van der Waals surface area contributed by atoms with E-state index < -0.39 is 0 Å². The Labute approximate surface area is 139 Å². The standard InChI is InChI=1S/C18H16N4O2/c1-24-15-6-2-5-14(9-15)16-10-17(21-12-20-16)22-18(23)8-13-4-3-7-19-11-13/h2-7,9-12H,8H2,1H3,(H,20,21,22,23). The molecule has 6 nitrogen and oxygen atoms in total. The van der Waals surface area contributed by atoms with Gasteiger partial charge in [0.15, 0.2) is 0 Å². The van der Waals surface area contributed by atoms with E-state index in [1.54, 1.807) is 31.6 Å². The van der Waals surface area contributed by atoms with Gasteiger partial charge in [0, 0.05) is 24.0 Å². The molecule has 3 rings (SSSR count). The lowest BCUT2D eigenvalue weighted by atomic mass is 10.1. The molecule has 24 heavy (non-hydrogen) atoms. The molecule has 2 aromatic heterocycles. The Bertz CT molecular complexity index is 837. The number of nitrogens with one attached hydrogen (secondary N) is 1. The van der Waals surface area contributed by atoms with Crippen molar-refractivity contribution < 1.29 is 9.53 Å². The zero-order valence-electron chi connectivity index (χ0n) is 13.1. The maximum absolute atomic E-state index is 12.1. The van der Waals surface area contributed by atoms with Crippen LogP contribution in [-0.4, -0.2) is 28.0 Å². The maximum Gasteiger partial charge on any atom is 0.230 e. The van der Waals surface area contributed by atoms with Crippen molar-refractivity contribution in [3.63, 3.8) is 0 Å². The Hall–Kier alpha value is -3.28. The summed E-state index contributed by atoms with van der Waals surface area (Å²) in [5, 5.41) is 2.78. The number of rotatable bonds is 5. The van der Waals surface area contributed by atoms with Gasteiger partial charge >= 0.3 is 0 Å². The number of benzene rings is 1. The predicted molar refractivity (Wildman–Crippen MR) is 90.6 cm³/mol. The lowest BCUT2D eigenvalue weighted by Gasteiger charge is -2.07. The van der Waals surface area contributed by atoms with Gasteiger partial charge in [-0.3, -0.25) is 9.78 Å². The highest BCUT2D eigenvalue weighted by molar-refractivity contribution is 5.91. The van der Waals surface area contributed by atoms with E-state index >= 15 is 0 Å². The van der Waals surface area contributed by atoms with Gasteiger partial charge in [-0.1, -0.05) is 18.2 Å². The number of anilines is 1. The molecular weight excluding hydrogens is 304 g/mol. The average molecular weight is 320 g/mol. The Morgan fingerprint density at radius 2 is 2.08 bits per heavy atom. The number of carbonyl (C=O) groups is 1.